The van der Waals surface area contributed by atoms with E-state index in [0.29, 0.717) is 18.5 Å². The summed E-state index contributed by atoms with van der Waals surface area (Å²) >= 11 is 0. The second-order valence-corrected chi connectivity index (χ2v) is 3.55. The Balaban J connectivity index is 2.74. The number of hydrogen-bond acceptors (Lipinski definition) is 3. The lowest BCUT2D eigenvalue weighted by Crippen LogP contribution is -2.26. The SMILES string of the molecule is N#C/C(=C/c1ccc(F)cc1)C(=O)NCCCO. The zero-order valence-corrected chi connectivity index (χ0v) is 9.69. The summed E-state index contributed by atoms with van der Waals surface area (Å²) in [4.78, 5) is 11.6. The van der Waals surface area contributed by atoms with E-state index in [1.165, 1.54) is 30.3 Å². The van der Waals surface area contributed by atoms with Gasteiger partial charge in [0, 0.05) is 13.2 Å². The molecule has 1 rings (SSSR count). The van der Waals surface area contributed by atoms with Gasteiger partial charge >= 0.3 is 0 Å². The highest BCUT2D eigenvalue weighted by atomic mass is 19.1. The maximum atomic E-state index is 12.7. The maximum Gasteiger partial charge on any atom is 0.261 e. The monoisotopic (exact) mass is 248 g/mol. The van der Waals surface area contributed by atoms with E-state index in [9.17, 15) is 9.18 Å². The third-order valence-electron chi connectivity index (χ3n) is 2.17. The van der Waals surface area contributed by atoms with Crippen LogP contribution in [-0.4, -0.2) is 24.2 Å². The molecule has 0 heterocycles. The number of benzene rings is 1. The number of hydrogen-bond donors (Lipinski definition) is 2. The summed E-state index contributed by atoms with van der Waals surface area (Å²) in [5.74, 6) is -0.881. The summed E-state index contributed by atoms with van der Waals surface area (Å²) in [7, 11) is 0. The number of halogens is 1. The Morgan fingerprint density at radius 3 is 2.67 bits per heavy atom. The van der Waals surface area contributed by atoms with E-state index in [0.717, 1.165) is 0 Å². The quantitative estimate of drug-likeness (QED) is 0.467. The van der Waals surface area contributed by atoms with Gasteiger partial charge in [0.05, 0.1) is 0 Å². The molecular weight excluding hydrogens is 235 g/mol. The Hall–Kier alpha value is -2.19. The summed E-state index contributed by atoms with van der Waals surface area (Å²) in [5.41, 5.74) is 0.518. The van der Waals surface area contributed by atoms with Crippen LogP contribution < -0.4 is 5.32 Å². The second kappa shape index (κ2) is 7.20. The highest BCUT2D eigenvalue weighted by Crippen LogP contribution is 2.08. The predicted octanol–water partition coefficient (Wildman–Crippen LogP) is 1.23. The van der Waals surface area contributed by atoms with Crippen molar-refractivity contribution in [2.24, 2.45) is 0 Å². The highest BCUT2D eigenvalue weighted by Gasteiger charge is 2.07. The van der Waals surface area contributed by atoms with Crippen LogP contribution >= 0.6 is 0 Å². The molecule has 1 aromatic rings. The normalized spacial score (nSPS) is 10.8. The number of rotatable bonds is 5. The molecule has 0 unspecified atom stereocenters. The number of nitrogens with one attached hydrogen (secondary N) is 1. The third-order valence-corrected chi connectivity index (χ3v) is 2.17. The van der Waals surface area contributed by atoms with Gasteiger partial charge < -0.3 is 10.4 Å². The van der Waals surface area contributed by atoms with Gasteiger partial charge in [-0.25, -0.2) is 4.39 Å². The van der Waals surface area contributed by atoms with Gasteiger partial charge in [0.25, 0.3) is 5.91 Å². The van der Waals surface area contributed by atoms with Crippen LogP contribution in [0.15, 0.2) is 29.8 Å². The average Bonchev–Trinajstić information content (AvgIpc) is 2.38. The summed E-state index contributed by atoms with van der Waals surface area (Å²) < 4.78 is 12.7. The fourth-order valence-corrected chi connectivity index (χ4v) is 1.25. The molecule has 0 fully saturated rings. The lowest BCUT2D eigenvalue weighted by Gasteiger charge is -2.02. The molecule has 5 heteroatoms. The molecule has 0 spiro atoms. The van der Waals surface area contributed by atoms with Gasteiger partial charge in [-0.3, -0.25) is 4.79 Å². The average molecular weight is 248 g/mol. The van der Waals surface area contributed by atoms with Crippen molar-refractivity contribution in [3.05, 3.63) is 41.2 Å². The van der Waals surface area contributed by atoms with E-state index in [-0.39, 0.29) is 18.0 Å². The molecule has 0 aromatic heterocycles. The Labute approximate surface area is 104 Å². The Morgan fingerprint density at radius 2 is 2.11 bits per heavy atom. The van der Waals surface area contributed by atoms with E-state index in [2.05, 4.69) is 5.32 Å². The van der Waals surface area contributed by atoms with Crippen LogP contribution in [-0.2, 0) is 4.79 Å². The van der Waals surface area contributed by atoms with Crippen molar-refractivity contribution in [2.45, 2.75) is 6.42 Å². The van der Waals surface area contributed by atoms with Crippen LogP contribution in [0.3, 0.4) is 0 Å². The minimum absolute atomic E-state index is 0.0240. The molecule has 0 aliphatic carbocycles. The van der Waals surface area contributed by atoms with E-state index < -0.39 is 5.91 Å². The van der Waals surface area contributed by atoms with Gasteiger partial charge in [0.2, 0.25) is 0 Å². The third kappa shape index (κ3) is 4.36. The van der Waals surface area contributed by atoms with Crippen molar-refractivity contribution in [1.82, 2.24) is 5.32 Å². The molecule has 2 N–H and O–H groups in total. The van der Waals surface area contributed by atoms with Gasteiger partial charge in [-0.15, -0.1) is 0 Å². The molecule has 18 heavy (non-hydrogen) atoms. The van der Waals surface area contributed by atoms with E-state index in [4.69, 9.17) is 10.4 Å². The number of aliphatic hydroxyl groups excluding tert-OH is 1. The molecule has 1 amide bonds. The van der Waals surface area contributed by atoms with Crippen molar-refractivity contribution < 1.29 is 14.3 Å². The maximum absolute atomic E-state index is 12.7. The fourth-order valence-electron chi connectivity index (χ4n) is 1.25. The smallest absolute Gasteiger partial charge is 0.261 e. The van der Waals surface area contributed by atoms with Gasteiger partial charge in [0.15, 0.2) is 0 Å². The topological polar surface area (TPSA) is 73.1 Å². The number of nitrogens with zero attached hydrogens (tertiary/aromatic N) is 1. The first-order valence-electron chi connectivity index (χ1n) is 5.44. The first-order chi connectivity index (χ1) is 8.67. The van der Waals surface area contributed by atoms with Gasteiger partial charge in [-0.05, 0) is 30.2 Å². The van der Waals surface area contributed by atoms with Crippen LogP contribution in [0.5, 0.6) is 0 Å². The highest BCUT2D eigenvalue weighted by molar-refractivity contribution is 6.01. The van der Waals surface area contributed by atoms with Crippen LogP contribution in [0, 0.1) is 17.1 Å². The zero-order valence-electron chi connectivity index (χ0n) is 9.69. The fraction of sp³-hybridized carbons (Fsp3) is 0.231. The number of aliphatic hydroxyl groups is 1. The molecule has 4 nitrogen and oxygen atoms in total. The van der Waals surface area contributed by atoms with Gasteiger partial charge in [-0.1, -0.05) is 12.1 Å². The van der Waals surface area contributed by atoms with Crippen molar-refractivity contribution in [3.8, 4) is 6.07 Å². The zero-order chi connectivity index (χ0) is 13.4. The molecule has 0 saturated heterocycles. The molecule has 1 aromatic carbocycles. The summed E-state index contributed by atoms with van der Waals surface area (Å²) in [6.07, 6.45) is 1.81. The van der Waals surface area contributed by atoms with Crippen molar-refractivity contribution in [3.63, 3.8) is 0 Å². The Bertz CT molecular complexity index is 475. The minimum Gasteiger partial charge on any atom is -0.396 e. The Morgan fingerprint density at radius 1 is 1.44 bits per heavy atom. The molecule has 0 radical (unpaired) electrons. The van der Waals surface area contributed by atoms with Crippen LogP contribution in [0.1, 0.15) is 12.0 Å². The Kier molecular flexibility index (Phi) is 5.55. The number of nitriles is 1. The standard InChI is InChI=1S/C13H13FN2O2/c14-12-4-2-10(3-5-12)8-11(9-15)13(18)16-6-1-7-17/h2-5,8,17H,1,6-7H2,(H,16,18)/b11-8-. The molecule has 94 valence electrons. The number of carbonyl (C=O) groups is 1. The molecule has 0 bridgehead atoms. The van der Waals surface area contributed by atoms with Gasteiger partial charge in [0.1, 0.15) is 17.5 Å². The lowest BCUT2D eigenvalue weighted by molar-refractivity contribution is -0.117. The molecular formula is C13H13FN2O2. The van der Waals surface area contributed by atoms with Crippen molar-refractivity contribution >= 4 is 12.0 Å². The molecule has 0 aliphatic heterocycles. The van der Waals surface area contributed by atoms with Crippen LogP contribution in [0.25, 0.3) is 6.08 Å². The first kappa shape index (κ1) is 13.9. The van der Waals surface area contributed by atoms with Crippen molar-refractivity contribution in [2.75, 3.05) is 13.2 Å². The van der Waals surface area contributed by atoms with Gasteiger partial charge in [-0.2, -0.15) is 5.26 Å². The number of amides is 1. The summed E-state index contributed by atoms with van der Waals surface area (Å²) in [6, 6.07) is 7.25. The van der Waals surface area contributed by atoms with Crippen LogP contribution in [0.2, 0.25) is 0 Å². The lowest BCUT2D eigenvalue weighted by atomic mass is 10.1. The summed E-state index contributed by atoms with van der Waals surface area (Å²) in [5, 5.41) is 19.9. The molecule has 0 saturated carbocycles. The second-order valence-electron chi connectivity index (χ2n) is 3.55. The summed E-state index contributed by atoms with van der Waals surface area (Å²) in [6.45, 7) is 0.279. The van der Waals surface area contributed by atoms with Crippen molar-refractivity contribution in [1.29, 1.82) is 5.26 Å². The minimum atomic E-state index is -0.504. The van der Waals surface area contributed by atoms with E-state index in [1.54, 1.807) is 6.07 Å². The van der Waals surface area contributed by atoms with E-state index in [1.807, 2.05) is 0 Å². The number of carbonyl (C=O) groups excluding carboxylic acids is 1. The molecule has 0 atom stereocenters. The van der Waals surface area contributed by atoms with Crippen LogP contribution in [0.4, 0.5) is 4.39 Å². The van der Waals surface area contributed by atoms with E-state index >= 15 is 0 Å². The predicted molar refractivity (Wildman–Crippen MR) is 64.7 cm³/mol. The first-order valence-corrected chi connectivity index (χ1v) is 5.44. The molecule has 0 aliphatic rings. The largest absolute Gasteiger partial charge is 0.396 e.